The average Bonchev–Trinajstić information content (AvgIpc) is 3.33. The summed E-state index contributed by atoms with van der Waals surface area (Å²) in [5, 5.41) is 6.59. The van der Waals surface area contributed by atoms with Crippen LogP contribution in [0.5, 0.6) is 5.75 Å². The molecule has 8 nitrogen and oxygen atoms in total. The Hall–Kier alpha value is -3.81. The summed E-state index contributed by atoms with van der Waals surface area (Å²) in [5.41, 5.74) is 2.28. The first-order valence-corrected chi connectivity index (χ1v) is 8.72. The van der Waals surface area contributed by atoms with Crippen LogP contribution in [-0.2, 0) is 6.54 Å². The Balaban J connectivity index is 1.42. The van der Waals surface area contributed by atoms with Crippen molar-refractivity contribution in [3.05, 3.63) is 70.8 Å². The van der Waals surface area contributed by atoms with E-state index in [1.165, 1.54) is 0 Å². The Morgan fingerprint density at radius 1 is 1.21 bits per heavy atom. The minimum atomic E-state index is -0.370. The molecular weight excluding hydrogens is 360 g/mol. The number of hydrogen-bond donors (Lipinski definition) is 2. The standard InChI is InChI=1S/C20H18N4O4/c1-27-14-6-4-5-13(11-14)18-12-16(23-28-18)19(25)21-9-10-24-17-8-3-2-7-15(17)22-20(24)26/h2-8,11-12H,9-10H2,1H3,(H,21,25)(H,22,26). The van der Waals surface area contributed by atoms with Gasteiger partial charge in [-0.1, -0.05) is 29.4 Å². The summed E-state index contributed by atoms with van der Waals surface area (Å²) in [4.78, 5) is 27.2. The van der Waals surface area contributed by atoms with Crippen LogP contribution < -0.4 is 15.7 Å². The Morgan fingerprint density at radius 2 is 2.07 bits per heavy atom. The zero-order valence-electron chi connectivity index (χ0n) is 15.1. The molecule has 0 unspecified atom stereocenters. The van der Waals surface area contributed by atoms with Gasteiger partial charge in [-0.25, -0.2) is 4.79 Å². The number of amides is 1. The van der Waals surface area contributed by atoms with Crippen LogP contribution in [0.15, 0.2) is 63.9 Å². The Morgan fingerprint density at radius 3 is 2.93 bits per heavy atom. The van der Waals surface area contributed by atoms with Crippen molar-refractivity contribution in [2.75, 3.05) is 13.7 Å². The normalized spacial score (nSPS) is 10.9. The number of methoxy groups -OCH3 is 1. The van der Waals surface area contributed by atoms with E-state index in [0.29, 0.717) is 18.1 Å². The van der Waals surface area contributed by atoms with Crippen molar-refractivity contribution in [3.63, 3.8) is 0 Å². The highest BCUT2D eigenvalue weighted by Gasteiger charge is 2.14. The number of imidazole rings is 1. The zero-order valence-corrected chi connectivity index (χ0v) is 15.1. The molecule has 4 rings (SSSR count). The SMILES string of the molecule is COc1cccc(-c2cc(C(=O)NCCn3c(=O)[nH]c4ccccc43)no2)c1. The summed E-state index contributed by atoms with van der Waals surface area (Å²) >= 11 is 0. The Kier molecular flexibility index (Phi) is 4.67. The predicted octanol–water partition coefficient (Wildman–Crippen LogP) is 2.42. The average molecular weight is 378 g/mol. The van der Waals surface area contributed by atoms with Gasteiger partial charge in [0.2, 0.25) is 0 Å². The number of carbonyl (C=O) groups is 1. The summed E-state index contributed by atoms with van der Waals surface area (Å²) in [6.45, 7) is 0.622. The monoisotopic (exact) mass is 378 g/mol. The minimum Gasteiger partial charge on any atom is -0.497 e. The molecule has 0 saturated heterocycles. The number of nitrogens with one attached hydrogen (secondary N) is 2. The molecule has 8 heteroatoms. The Bertz CT molecular complexity index is 1190. The lowest BCUT2D eigenvalue weighted by molar-refractivity contribution is 0.0943. The highest BCUT2D eigenvalue weighted by molar-refractivity contribution is 5.93. The van der Waals surface area contributed by atoms with E-state index in [1.807, 2.05) is 42.5 Å². The molecule has 0 saturated carbocycles. The molecule has 4 aromatic rings. The molecule has 28 heavy (non-hydrogen) atoms. The van der Waals surface area contributed by atoms with Crippen molar-refractivity contribution in [2.45, 2.75) is 6.54 Å². The van der Waals surface area contributed by atoms with Gasteiger partial charge >= 0.3 is 5.69 Å². The molecule has 2 aromatic carbocycles. The fraction of sp³-hybridized carbons (Fsp3) is 0.150. The first-order chi connectivity index (χ1) is 13.7. The van der Waals surface area contributed by atoms with E-state index >= 15 is 0 Å². The number of nitrogens with zero attached hydrogens (tertiary/aromatic N) is 2. The lowest BCUT2D eigenvalue weighted by atomic mass is 10.1. The maximum atomic E-state index is 12.3. The number of aromatic amines is 1. The number of ether oxygens (including phenoxy) is 1. The minimum absolute atomic E-state index is 0.170. The van der Waals surface area contributed by atoms with Gasteiger partial charge in [0.05, 0.1) is 18.1 Å². The molecule has 1 amide bonds. The van der Waals surface area contributed by atoms with Crippen LogP contribution in [0.25, 0.3) is 22.4 Å². The number of para-hydroxylation sites is 2. The van der Waals surface area contributed by atoms with Crippen LogP contribution in [0.4, 0.5) is 0 Å². The zero-order chi connectivity index (χ0) is 19.5. The molecule has 0 bridgehead atoms. The summed E-state index contributed by atoms with van der Waals surface area (Å²) in [6, 6.07) is 16.3. The molecule has 2 aromatic heterocycles. The van der Waals surface area contributed by atoms with Crippen molar-refractivity contribution >= 4 is 16.9 Å². The highest BCUT2D eigenvalue weighted by Crippen LogP contribution is 2.24. The summed E-state index contributed by atoms with van der Waals surface area (Å²) in [6.07, 6.45) is 0. The van der Waals surface area contributed by atoms with Gasteiger partial charge in [-0.3, -0.25) is 9.36 Å². The maximum Gasteiger partial charge on any atom is 0.326 e. The number of aromatic nitrogens is 3. The largest absolute Gasteiger partial charge is 0.497 e. The van der Waals surface area contributed by atoms with Crippen LogP contribution in [0.3, 0.4) is 0 Å². The molecule has 0 aliphatic heterocycles. The van der Waals surface area contributed by atoms with E-state index in [1.54, 1.807) is 23.8 Å². The molecule has 0 aliphatic carbocycles. The van der Waals surface area contributed by atoms with Gasteiger partial charge in [-0.15, -0.1) is 0 Å². The number of fused-ring (bicyclic) bond motifs is 1. The second-order valence-electron chi connectivity index (χ2n) is 6.16. The van der Waals surface area contributed by atoms with E-state index in [4.69, 9.17) is 9.26 Å². The molecular formula is C20H18N4O4. The van der Waals surface area contributed by atoms with Gasteiger partial charge in [0, 0.05) is 24.7 Å². The first-order valence-electron chi connectivity index (χ1n) is 8.72. The summed E-state index contributed by atoms with van der Waals surface area (Å²) in [5.74, 6) is 0.784. The van der Waals surface area contributed by atoms with Gasteiger partial charge in [0.25, 0.3) is 5.91 Å². The van der Waals surface area contributed by atoms with E-state index in [2.05, 4.69) is 15.5 Å². The lowest BCUT2D eigenvalue weighted by Crippen LogP contribution is -2.30. The van der Waals surface area contributed by atoms with E-state index in [0.717, 1.165) is 16.6 Å². The van der Waals surface area contributed by atoms with Crippen molar-refractivity contribution < 1.29 is 14.1 Å². The third-order valence-corrected chi connectivity index (χ3v) is 4.40. The van der Waals surface area contributed by atoms with Crippen LogP contribution in [0, 0.1) is 0 Å². The smallest absolute Gasteiger partial charge is 0.326 e. The highest BCUT2D eigenvalue weighted by atomic mass is 16.5. The Labute approximate surface area is 159 Å². The molecule has 2 heterocycles. The van der Waals surface area contributed by atoms with Crippen LogP contribution in [0.1, 0.15) is 10.5 Å². The third kappa shape index (κ3) is 3.39. The van der Waals surface area contributed by atoms with Gasteiger partial charge in [-0.2, -0.15) is 0 Å². The van der Waals surface area contributed by atoms with Crippen molar-refractivity contribution in [2.24, 2.45) is 0 Å². The maximum absolute atomic E-state index is 12.3. The second kappa shape index (κ2) is 7.43. The first kappa shape index (κ1) is 17.6. The fourth-order valence-corrected chi connectivity index (χ4v) is 3.00. The molecule has 0 radical (unpaired) electrons. The topological polar surface area (TPSA) is 102 Å². The van der Waals surface area contributed by atoms with E-state index < -0.39 is 0 Å². The third-order valence-electron chi connectivity index (χ3n) is 4.40. The van der Waals surface area contributed by atoms with Gasteiger partial charge in [0.1, 0.15) is 5.75 Å². The van der Waals surface area contributed by atoms with Gasteiger partial charge in [0.15, 0.2) is 11.5 Å². The molecule has 0 fully saturated rings. The summed E-state index contributed by atoms with van der Waals surface area (Å²) in [7, 11) is 1.58. The molecule has 0 aliphatic rings. The van der Waals surface area contributed by atoms with Crippen molar-refractivity contribution in [3.8, 4) is 17.1 Å². The van der Waals surface area contributed by atoms with Crippen molar-refractivity contribution in [1.29, 1.82) is 0 Å². The van der Waals surface area contributed by atoms with Crippen LogP contribution >= 0.6 is 0 Å². The number of hydrogen-bond acceptors (Lipinski definition) is 5. The van der Waals surface area contributed by atoms with E-state index in [9.17, 15) is 9.59 Å². The molecule has 0 spiro atoms. The van der Waals surface area contributed by atoms with Crippen molar-refractivity contribution in [1.82, 2.24) is 20.0 Å². The molecule has 142 valence electrons. The van der Waals surface area contributed by atoms with Gasteiger partial charge < -0.3 is 19.6 Å². The fourth-order valence-electron chi connectivity index (χ4n) is 3.00. The van der Waals surface area contributed by atoms with Crippen LogP contribution in [-0.4, -0.2) is 34.3 Å². The predicted molar refractivity (Wildman–Crippen MR) is 103 cm³/mol. The lowest BCUT2D eigenvalue weighted by Gasteiger charge is -2.04. The summed E-state index contributed by atoms with van der Waals surface area (Å²) < 4.78 is 12.0. The quantitative estimate of drug-likeness (QED) is 0.536. The number of rotatable bonds is 6. The van der Waals surface area contributed by atoms with E-state index in [-0.39, 0.29) is 23.8 Å². The van der Waals surface area contributed by atoms with Crippen LogP contribution in [0.2, 0.25) is 0 Å². The molecule has 2 N–H and O–H groups in total. The second-order valence-corrected chi connectivity index (χ2v) is 6.16. The number of carbonyl (C=O) groups excluding carboxylic acids is 1. The molecule has 0 atom stereocenters. The number of H-pyrrole nitrogens is 1. The number of benzene rings is 2. The van der Waals surface area contributed by atoms with Gasteiger partial charge in [-0.05, 0) is 24.3 Å².